The van der Waals surface area contributed by atoms with E-state index in [1.807, 2.05) is 6.07 Å². The zero-order valence-electron chi connectivity index (χ0n) is 30.8. The van der Waals surface area contributed by atoms with Crippen LogP contribution in [0.3, 0.4) is 0 Å². The number of benzene rings is 8. The molecule has 3 heteroatoms. The molecule has 3 nitrogen and oxygen atoms in total. The molecule has 56 heavy (non-hydrogen) atoms. The minimum absolute atomic E-state index is 0.00785. The summed E-state index contributed by atoms with van der Waals surface area (Å²) in [6.07, 6.45) is 4.60. The van der Waals surface area contributed by atoms with Gasteiger partial charge in [-0.3, -0.25) is 0 Å². The molecule has 2 heterocycles. The van der Waals surface area contributed by atoms with Gasteiger partial charge in [0, 0.05) is 16.8 Å². The normalized spacial score (nSPS) is 16.1. The molecule has 0 aromatic heterocycles. The second-order valence-electron chi connectivity index (χ2n) is 14.4. The van der Waals surface area contributed by atoms with Gasteiger partial charge < -0.3 is 10.6 Å². The number of nitrogens with one attached hydrogen (secondary N) is 2. The van der Waals surface area contributed by atoms with Crippen LogP contribution < -0.4 is 10.6 Å². The fraction of sp³-hybridized carbons (Fsp3) is 0.0377. The Hall–Kier alpha value is -7.23. The molecule has 0 aliphatic carbocycles. The first-order valence-electron chi connectivity index (χ1n) is 19.3. The van der Waals surface area contributed by atoms with Crippen LogP contribution >= 0.6 is 0 Å². The molecule has 2 unspecified atom stereocenters. The van der Waals surface area contributed by atoms with Crippen LogP contribution in [0.25, 0.3) is 44.3 Å². The van der Waals surface area contributed by atoms with Crippen LogP contribution in [0.1, 0.15) is 45.5 Å². The second-order valence-corrected chi connectivity index (χ2v) is 14.4. The predicted octanol–water partition coefficient (Wildman–Crippen LogP) is 12.9. The van der Waals surface area contributed by atoms with Crippen molar-refractivity contribution in [3.63, 3.8) is 0 Å². The van der Waals surface area contributed by atoms with E-state index in [1.54, 1.807) is 0 Å². The predicted molar refractivity (Wildman–Crippen MR) is 234 cm³/mol. The summed E-state index contributed by atoms with van der Waals surface area (Å²) in [5.41, 5.74) is 15.2. The lowest BCUT2D eigenvalue weighted by Gasteiger charge is -2.29. The van der Waals surface area contributed by atoms with Gasteiger partial charge in [-0.1, -0.05) is 188 Å². The molecule has 0 fully saturated rings. The maximum absolute atomic E-state index is 5.15. The van der Waals surface area contributed by atoms with Gasteiger partial charge in [-0.15, -0.1) is 0 Å². The lowest BCUT2D eigenvalue weighted by Crippen LogP contribution is -2.31. The summed E-state index contributed by atoms with van der Waals surface area (Å²) in [4.78, 5) is 5.15. The second kappa shape index (κ2) is 14.5. The number of fused-ring (bicyclic) bond motifs is 3. The van der Waals surface area contributed by atoms with E-state index in [1.165, 1.54) is 49.7 Å². The van der Waals surface area contributed by atoms with Crippen LogP contribution in [0.4, 0.5) is 5.69 Å². The molecule has 8 aromatic rings. The van der Waals surface area contributed by atoms with Gasteiger partial charge in [-0.25, -0.2) is 4.99 Å². The number of nitrogens with zero attached hydrogens (tertiary/aromatic N) is 1. The summed E-state index contributed by atoms with van der Waals surface area (Å²) in [5, 5.41) is 10.0. The van der Waals surface area contributed by atoms with E-state index >= 15 is 0 Å². The van der Waals surface area contributed by atoms with Crippen LogP contribution in [0.15, 0.2) is 217 Å². The number of anilines is 1. The summed E-state index contributed by atoms with van der Waals surface area (Å²) in [7, 11) is 0. The first-order chi connectivity index (χ1) is 27.7. The van der Waals surface area contributed by atoms with Crippen molar-refractivity contribution in [1.82, 2.24) is 5.32 Å². The molecule has 2 N–H and O–H groups in total. The standard InChI is InChI=1S/C53H39N3/c1-5-15-37(16-6-1)47-34-49(39-17-7-2-8-18-39)54-48-32-31-45-44(25-14-26-46(45)52(47)48)38-29-27-36(28-30-38)42-23-13-24-43(33-42)53-55-50(40-19-9-3-10-20-40)35-51(56-53)41-21-11-4-12-22-41/h1-35,49-50,54H,(H,55,56). The van der Waals surface area contributed by atoms with Crippen molar-refractivity contribution in [2.45, 2.75) is 12.1 Å². The van der Waals surface area contributed by atoms with E-state index in [0.29, 0.717) is 0 Å². The highest BCUT2D eigenvalue weighted by atomic mass is 15.0. The summed E-state index contributed by atoms with van der Waals surface area (Å²) in [5.74, 6) is 0.867. The lowest BCUT2D eigenvalue weighted by atomic mass is 9.85. The molecule has 0 saturated heterocycles. The molecule has 2 aliphatic rings. The Kier molecular flexibility index (Phi) is 8.66. The average molecular weight is 718 g/mol. The molecule has 8 aromatic carbocycles. The smallest absolute Gasteiger partial charge is 0.134 e. The third-order valence-electron chi connectivity index (χ3n) is 11.0. The van der Waals surface area contributed by atoms with Gasteiger partial charge in [-0.2, -0.15) is 0 Å². The van der Waals surface area contributed by atoms with E-state index in [4.69, 9.17) is 4.99 Å². The van der Waals surface area contributed by atoms with Crippen LogP contribution in [0.2, 0.25) is 0 Å². The number of hydrogen-bond acceptors (Lipinski definition) is 3. The van der Waals surface area contributed by atoms with Crippen LogP contribution in [0, 0.1) is 0 Å². The highest BCUT2D eigenvalue weighted by Crippen LogP contribution is 2.44. The third-order valence-corrected chi connectivity index (χ3v) is 11.0. The van der Waals surface area contributed by atoms with Gasteiger partial charge in [0.05, 0.1) is 17.8 Å². The van der Waals surface area contributed by atoms with Gasteiger partial charge >= 0.3 is 0 Å². The van der Waals surface area contributed by atoms with Gasteiger partial charge in [0.2, 0.25) is 0 Å². The van der Waals surface area contributed by atoms with E-state index < -0.39 is 0 Å². The van der Waals surface area contributed by atoms with E-state index in [0.717, 1.165) is 39.5 Å². The average Bonchev–Trinajstić information content (AvgIpc) is 3.29. The van der Waals surface area contributed by atoms with Gasteiger partial charge in [-0.05, 0) is 85.1 Å². The minimum atomic E-state index is 0.00785. The zero-order chi connectivity index (χ0) is 37.3. The Balaban J connectivity index is 0.989. The highest BCUT2D eigenvalue weighted by molar-refractivity contribution is 6.09. The van der Waals surface area contributed by atoms with Gasteiger partial charge in [0.25, 0.3) is 0 Å². The Labute approximate surface area is 328 Å². The van der Waals surface area contributed by atoms with Crippen molar-refractivity contribution in [3.8, 4) is 22.3 Å². The van der Waals surface area contributed by atoms with Crippen molar-refractivity contribution in [3.05, 3.63) is 246 Å². The quantitative estimate of drug-likeness (QED) is 0.172. The molecule has 2 atom stereocenters. The molecule has 0 saturated carbocycles. The summed E-state index contributed by atoms with van der Waals surface area (Å²) in [6.45, 7) is 0. The topological polar surface area (TPSA) is 36.4 Å². The van der Waals surface area contributed by atoms with Gasteiger partial charge in [0.15, 0.2) is 0 Å². The van der Waals surface area contributed by atoms with E-state index in [2.05, 4.69) is 217 Å². The maximum Gasteiger partial charge on any atom is 0.134 e. The molecule has 0 spiro atoms. The lowest BCUT2D eigenvalue weighted by molar-refractivity contribution is 0.781. The Bertz CT molecular complexity index is 2770. The number of aliphatic imine (C=N–C) groups is 1. The number of rotatable bonds is 7. The van der Waals surface area contributed by atoms with Crippen LogP contribution in [-0.4, -0.2) is 5.84 Å². The maximum atomic E-state index is 5.15. The van der Waals surface area contributed by atoms with Crippen molar-refractivity contribution >= 4 is 33.6 Å². The fourth-order valence-corrected chi connectivity index (χ4v) is 8.16. The zero-order valence-corrected chi connectivity index (χ0v) is 30.8. The molecule has 0 radical (unpaired) electrons. The minimum Gasteiger partial charge on any atom is -0.374 e. The van der Waals surface area contributed by atoms with Crippen LogP contribution in [0.5, 0.6) is 0 Å². The third kappa shape index (κ3) is 6.40. The molecular weight excluding hydrogens is 679 g/mol. The van der Waals surface area contributed by atoms with Crippen molar-refractivity contribution in [2.75, 3.05) is 5.32 Å². The molecule has 0 bridgehead atoms. The number of amidine groups is 1. The van der Waals surface area contributed by atoms with Crippen molar-refractivity contribution < 1.29 is 0 Å². The Morgan fingerprint density at radius 1 is 0.375 bits per heavy atom. The monoisotopic (exact) mass is 717 g/mol. The fourth-order valence-electron chi connectivity index (χ4n) is 8.16. The van der Waals surface area contributed by atoms with Gasteiger partial charge in [0.1, 0.15) is 5.84 Å². The molecular formula is C53H39N3. The Morgan fingerprint density at radius 2 is 0.946 bits per heavy atom. The van der Waals surface area contributed by atoms with E-state index in [9.17, 15) is 0 Å². The highest BCUT2D eigenvalue weighted by Gasteiger charge is 2.24. The SMILES string of the molecule is C1=C(c2ccccc2)N=C(c2cccc(-c3ccc(-c4cccc5c6c(ccc45)NC(c4ccccc4)C=C6c4ccccc4)cc3)c2)NC1c1ccccc1. The van der Waals surface area contributed by atoms with Crippen molar-refractivity contribution in [2.24, 2.45) is 4.99 Å². The molecule has 266 valence electrons. The first kappa shape index (κ1) is 33.3. The molecule has 0 amide bonds. The summed E-state index contributed by atoms with van der Waals surface area (Å²) in [6, 6.07) is 71.5. The Morgan fingerprint density at radius 3 is 1.64 bits per heavy atom. The van der Waals surface area contributed by atoms with Crippen molar-refractivity contribution in [1.29, 1.82) is 0 Å². The molecule has 2 aliphatic heterocycles. The number of hydrogen-bond donors (Lipinski definition) is 2. The van der Waals surface area contributed by atoms with Crippen LogP contribution in [-0.2, 0) is 0 Å². The van der Waals surface area contributed by atoms with E-state index in [-0.39, 0.29) is 12.1 Å². The summed E-state index contributed by atoms with van der Waals surface area (Å²) >= 11 is 0. The summed E-state index contributed by atoms with van der Waals surface area (Å²) < 4.78 is 0. The largest absolute Gasteiger partial charge is 0.374 e. The first-order valence-corrected chi connectivity index (χ1v) is 19.3. The molecule has 10 rings (SSSR count).